The van der Waals surface area contributed by atoms with E-state index in [0.29, 0.717) is 19.4 Å². The molecule has 5 rings (SSSR count). The van der Waals surface area contributed by atoms with Gasteiger partial charge in [-0.25, -0.2) is 13.6 Å². The van der Waals surface area contributed by atoms with Gasteiger partial charge in [0.05, 0.1) is 17.8 Å². The molecule has 0 saturated carbocycles. The van der Waals surface area contributed by atoms with Crippen molar-refractivity contribution in [2.45, 2.75) is 25.4 Å². The topological polar surface area (TPSA) is 123 Å². The van der Waals surface area contributed by atoms with E-state index in [4.69, 9.17) is 16.3 Å². The molecule has 2 amide bonds. The molecule has 0 bridgehead atoms. The second kappa shape index (κ2) is 13.0. The molecule has 1 fully saturated rings. The van der Waals surface area contributed by atoms with Crippen LogP contribution in [0, 0.1) is 11.6 Å². The number of anilines is 1. The molecule has 1 atom stereocenters. The SMILES string of the molecule is COc1cc(-c2cccc(-c3cccc(NC(=O)c4cn(C)c(=O)n(C)c4=O)c3Cl)c2F)cc(F)c1CNC[C@@H]1CCC(=O)N1. The lowest BCUT2D eigenvalue weighted by Crippen LogP contribution is -2.40. The minimum Gasteiger partial charge on any atom is -0.496 e. The van der Waals surface area contributed by atoms with E-state index in [1.807, 2.05) is 0 Å². The minimum absolute atomic E-state index is 0.00665. The highest BCUT2D eigenvalue weighted by Gasteiger charge is 2.23. The van der Waals surface area contributed by atoms with E-state index < -0.39 is 28.8 Å². The summed E-state index contributed by atoms with van der Waals surface area (Å²) in [4.78, 5) is 48.9. The number of rotatable bonds is 9. The molecule has 0 radical (unpaired) electrons. The zero-order chi connectivity index (χ0) is 32.4. The normalized spacial score (nSPS) is 14.4. The maximum Gasteiger partial charge on any atom is 0.330 e. The van der Waals surface area contributed by atoms with E-state index in [-0.39, 0.29) is 68.3 Å². The largest absolute Gasteiger partial charge is 0.496 e. The fourth-order valence-corrected chi connectivity index (χ4v) is 5.55. The van der Waals surface area contributed by atoms with E-state index in [0.717, 1.165) is 15.3 Å². The van der Waals surface area contributed by atoms with Crippen molar-refractivity contribution in [2.75, 3.05) is 19.0 Å². The number of carbonyl (C=O) groups excluding carboxylic acids is 2. The number of benzene rings is 3. The number of carbonyl (C=O) groups is 2. The van der Waals surface area contributed by atoms with Crippen LogP contribution >= 0.6 is 11.6 Å². The lowest BCUT2D eigenvalue weighted by atomic mass is 9.96. The molecule has 45 heavy (non-hydrogen) atoms. The first-order valence-electron chi connectivity index (χ1n) is 14.0. The first-order valence-corrected chi connectivity index (χ1v) is 14.4. The predicted octanol–water partition coefficient (Wildman–Crippen LogP) is 3.98. The summed E-state index contributed by atoms with van der Waals surface area (Å²) in [7, 11) is 4.07. The third-order valence-corrected chi connectivity index (χ3v) is 8.10. The van der Waals surface area contributed by atoms with Gasteiger partial charge in [0.1, 0.15) is 22.9 Å². The third kappa shape index (κ3) is 6.38. The van der Waals surface area contributed by atoms with Crippen LogP contribution in [0.15, 0.2) is 64.3 Å². The second-order valence-electron chi connectivity index (χ2n) is 10.7. The second-order valence-corrected chi connectivity index (χ2v) is 11.0. The summed E-state index contributed by atoms with van der Waals surface area (Å²) >= 11 is 6.64. The summed E-state index contributed by atoms with van der Waals surface area (Å²) in [6.07, 6.45) is 2.30. The molecule has 3 N–H and O–H groups in total. The summed E-state index contributed by atoms with van der Waals surface area (Å²) in [5.41, 5.74) is -0.610. The lowest BCUT2D eigenvalue weighted by Gasteiger charge is -2.16. The molecule has 2 heterocycles. The zero-order valence-electron chi connectivity index (χ0n) is 24.7. The van der Waals surface area contributed by atoms with E-state index in [2.05, 4.69) is 16.0 Å². The Balaban J connectivity index is 1.42. The van der Waals surface area contributed by atoms with Crippen molar-refractivity contribution in [1.82, 2.24) is 19.8 Å². The number of hydrogen-bond donors (Lipinski definition) is 3. The van der Waals surface area contributed by atoms with Crippen molar-refractivity contribution in [2.24, 2.45) is 14.1 Å². The standard InChI is InChI=1S/C32H30ClF2N5O5/c1-39-16-23(31(43)40(2)32(39)44)30(42)38-25-9-5-7-20(28(25)33)21-8-4-6-19(29(21)35)17-12-24(34)22(26(13-17)45-3)15-36-14-18-10-11-27(41)37-18/h4-9,12-13,16,18,36H,10-11,14-15H2,1-3H3,(H,37,41)(H,38,42)/t18-/m0/s1. The van der Waals surface area contributed by atoms with E-state index >= 15 is 8.78 Å². The first kappa shape index (κ1) is 31.6. The van der Waals surface area contributed by atoms with E-state index in [1.54, 1.807) is 24.3 Å². The van der Waals surface area contributed by atoms with E-state index in [1.165, 1.54) is 45.5 Å². The molecule has 1 saturated heterocycles. The average Bonchev–Trinajstić information content (AvgIpc) is 3.44. The molecule has 0 aliphatic carbocycles. The van der Waals surface area contributed by atoms with Gasteiger partial charge in [0.2, 0.25) is 5.91 Å². The molecule has 1 aromatic heterocycles. The molecular formula is C32H30ClF2N5O5. The molecule has 1 aliphatic heterocycles. The van der Waals surface area contributed by atoms with Gasteiger partial charge in [0, 0.05) is 68.1 Å². The smallest absolute Gasteiger partial charge is 0.330 e. The Bertz CT molecular complexity index is 1940. The quantitative estimate of drug-likeness (QED) is 0.255. The Hall–Kier alpha value is -4.81. The lowest BCUT2D eigenvalue weighted by molar-refractivity contribution is -0.119. The van der Waals surface area contributed by atoms with Gasteiger partial charge in [-0.3, -0.25) is 19.0 Å². The highest BCUT2D eigenvalue weighted by molar-refractivity contribution is 6.36. The number of nitrogens with zero attached hydrogens (tertiary/aromatic N) is 2. The summed E-state index contributed by atoms with van der Waals surface area (Å²) in [5, 5.41) is 8.56. The summed E-state index contributed by atoms with van der Waals surface area (Å²) < 4.78 is 38.8. The number of ether oxygens (including phenoxy) is 1. The molecule has 234 valence electrons. The van der Waals surface area contributed by atoms with Crippen molar-refractivity contribution in [3.8, 4) is 28.0 Å². The van der Waals surface area contributed by atoms with Gasteiger partial charge in [-0.05, 0) is 30.2 Å². The monoisotopic (exact) mass is 637 g/mol. The molecule has 3 aromatic carbocycles. The van der Waals surface area contributed by atoms with Crippen LogP contribution in [-0.2, 0) is 25.4 Å². The molecule has 10 nitrogen and oxygen atoms in total. The summed E-state index contributed by atoms with van der Waals surface area (Å²) in [6.45, 7) is 0.610. The Morgan fingerprint density at radius 2 is 1.78 bits per heavy atom. The van der Waals surface area contributed by atoms with Gasteiger partial charge in [-0.1, -0.05) is 41.9 Å². The average molecular weight is 638 g/mol. The van der Waals surface area contributed by atoms with Gasteiger partial charge in [0.15, 0.2) is 0 Å². The summed E-state index contributed by atoms with van der Waals surface area (Å²) in [5.74, 6) is -1.86. The maximum atomic E-state index is 16.1. The Morgan fingerprint density at radius 3 is 2.49 bits per heavy atom. The van der Waals surface area contributed by atoms with Crippen LogP contribution in [0.1, 0.15) is 28.8 Å². The number of aryl methyl sites for hydroxylation is 1. The van der Waals surface area contributed by atoms with Gasteiger partial charge in [-0.2, -0.15) is 0 Å². The van der Waals surface area contributed by atoms with Crippen LogP contribution in [0.2, 0.25) is 5.02 Å². The minimum atomic E-state index is -0.801. The van der Waals surface area contributed by atoms with Gasteiger partial charge >= 0.3 is 5.69 Å². The number of amides is 2. The van der Waals surface area contributed by atoms with Crippen molar-refractivity contribution < 1.29 is 23.1 Å². The third-order valence-electron chi connectivity index (χ3n) is 7.69. The molecular weight excluding hydrogens is 608 g/mol. The number of hydrogen-bond acceptors (Lipinski definition) is 6. The predicted molar refractivity (Wildman–Crippen MR) is 167 cm³/mol. The number of aromatic nitrogens is 2. The van der Waals surface area contributed by atoms with Crippen LogP contribution in [-0.4, -0.2) is 40.6 Å². The van der Waals surface area contributed by atoms with E-state index in [9.17, 15) is 19.2 Å². The number of halogens is 3. The van der Waals surface area contributed by atoms with Crippen LogP contribution in [0.4, 0.5) is 14.5 Å². The van der Waals surface area contributed by atoms with Crippen molar-refractivity contribution in [3.05, 3.63) is 103 Å². The van der Waals surface area contributed by atoms with Gasteiger partial charge < -0.3 is 25.3 Å². The highest BCUT2D eigenvalue weighted by atomic mass is 35.5. The van der Waals surface area contributed by atoms with Crippen LogP contribution in [0.3, 0.4) is 0 Å². The first-order chi connectivity index (χ1) is 21.5. The molecule has 0 unspecified atom stereocenters. The Kier molecular flexibility index (Phi) is 9.16. The highest BCUT2D eigenvalue weighted by Crippen LogP contribution is 2.39. The molecule has 1 aliphatic rings. The maximum absolute atomic E-state index is 16.1. The number of nitrogens with one attached hydrogen (secondary N) is 3. The number of methoxy groups -OCH3 is 1. The zero-order valence-corrected chi connectivity index (χ0v) is 25.4. The summed E-state index contributed by atoms with van der Waals surface area (Å²) in [6, 6.07) is 12.0. The Morgan fingerprint density at radius 1 is 1.07 bits per heavy atom. The molecule has 13 heteroatoms. The Labute approximate surface area is 261 Å². The fraction of sp³-hybridized carbons (Fsp3) is 0.250. The van der Waals surface area contributed by atoms with Gasteiger partial charge in [-0.15, -0.1) is 0 Å². The van der Waals surface area contributed by atoms with Gasteiger partial charge in [0.25, 0.3) is 11.5 Å². The van der Waals surface area contributed by atoms with Crippen molar-refractivity contribution in [3.63, 3.8) is 0 Å². The van der Waals surface area contributed by atoms with Crippen LogP contribution in [0.25, 0.3) is 22.3 Å². The van der Waals surface area contributed by atoms with Crippen molar-refractivity contribution in [1.29, 1.82) is 0 Å². The molecule has 4 aromatic rings. The van der Waals surface area contributed by atoms with Crippen molar-refractivity contribution >= 4 is 29.1 Å². The van der Waals surface area contributed by atoms with Crippen LogP contribution in [0.5, 0.6) is 5.75 Å². The fourth-order valence-electron chi connectivity index (χ4n) is 5.28. The van der Waals surface area contributed by atoms with Crippen LogP contribution < -0.4 is 31.9 Å². The molecule has 0 spiro atoms.